The van der Waals surface area contributed by atoms with Gasteiger partial charge in [-0.15, -0.1) is 0 Å². The first kappa shape index (κ1) is 22.1. The fourth-order valence-corrected chi connectivity index (χ4v) is 5.52. The zero-order chi connectivity index (χ0) is 23.9. The van der Waals surface area contributed by atoms with Gasteiger partial charge >= 0.3 is 0 Å². The lowest BCUT2D eigenvalue weighted by atomic mass is 10.1. The molecular formula is C27H25N3O4S. The molecule has 0 aliphatic carbocycles. The number of rotatable bonds is 6. The largest absolute Gasteiger partial charge is 0.448 e. The van der Waals surface area contributed by atoms with Gasteiger partial charge in [-0.2, -0.15) is 0 Å². The Balaban J connectivity index is 1.38. The molecule has 0 bridgehead atoms. The fraction of sp³-hybridized carbons (Fsp3) is 0.296. The minimum absolute atomic E-state index is 0.00242. The second-order valence-electron chi connectivity index (χ2n) is 8.90. The Labute approximate surface area is 206 Å². The molecular weight excluding hydrogens is 462 g/mol. The zero-order valence-electron chi connectivity index (χ0n) is 19.6. The molecule has 1 fully saturated rings. The summed E-state index contributed by atoms with van der Waals surface area (Å²) in [4.78, 5) is 23.2. The molecule has 0 radical (unpaired) electrons. The van der Waals surface area contributed by atoms with E-state index >= 15 is 0 Å². The minimum atomic E-state index is -0.179. The molecule has 5 aromatic rings. The van der Waals surface area contributed by atoms with E-state index in [2.05, 4.69) is 6.07 Å². The molecule has 0 amide bonds. The van der Waals surface area contributed by atoms with Gasteiger partial charge in [0.15, 0.2) is 5.16 Å². The number of aryl methyl sites for hydroxylation is 2. The highest BCUT2D eigenvalue weighted by atomic mass is 32.2. The highest BCUT2D eigenvalue weighted by Crippen LogP contribution is 2.31. The van der Waals surface area contributed by atoms with Crippen molar-refractivity contribution in [2.75, 3.05) is 6.61 Å². The molecule has 0 saturated carbocycles. The third-order valence-corrected chi connectivity index (χ3v) is 7.34. The molecule has 6 rings (SSSR count). The smallest absolute Gasteiger partial charge is 0.297 e. The number of nitrogens with zero attached hydrogens (tertiary/aromatic N) is 3. The number of thioether (sulfide) groups is 1. The molecule has 1 aliphatic heterocycles. The van der Waals surface area contributed by atoms with Crippen LogP contribution in [-0.2, 0) is 17.0 Å². The molecule has 3 aromatic heterocycles. The van der Waals surface area contributed by atoms with Crippen molar-refractivity contribution in [3.05, 3.63) is 75.9 Å². The number of ether oxygens (including phenoxy) is 1. The summed E-state index contributed by atoms with van der Waals surface area (Å²) >= 11 is 1.48. The van der Waals surface area contributed by atoms with Gasteiger partial charge in [0.2, 0.25) is 11.5 Å². The molecule has 2 aromatic carbocycles. The van der Waals surface area contributed by atoms with Gasteiger partial charge in [0, 0.05) is 23.3 Å². The van der Waals surface area contributed by atoms with E-state index in [4.69, 9.17) is 23.5 Å². The van der Waals surface area contributed by atoms with Crippen LogP contribution in [0.25, 0.3) is 33.5 Å². The summed E-state index contributed by atoms with van der Waals surface area (Å²) in [5.74, 6) is 1.89. The molecule has 4 heterocycles. The van der Waals surface area contributed by atoms with Crippen molar-refractivity contribution in [1.82, 2.24) is 14.5 Å². The summed E-state index contributed by atoms with van der Waals surface area (Å²) in [5.41, 5.74) is 4.29. The van der Waals surface area contributed by atoms with Gasteiger partial charge in [-0.3, -0.25) is 9.36 Å². The number of benzene rings is 2. The maximum absolute atomic E-state index is 13.5. The van der Waals surface area contributed by atoms with E-state index in [9.17, 15) is 4.79 Å². The van der Waals surface area contributed by atoms with Crippen LogP contribution in [-0.4, -0.2) is 27.2 Å². The van der Waals surface area contributed by atoms with Gasteiger partial charge in [0.1, 0.15) is 16.9 Å². The van der Waals surface area contributed by atoms with E-state index in [1.54, 1.807) is 4.57 Å². The van der Waals surface area contributed by atoms with E-state index in [0.29, 0.717) is 34.4 Å². The number of para-hydroxylation sites is 1. The van der Waals surface area contributed by atoms with Crippen LogP contribution in [0.4, 0.5) is 0 Å². The lowest BCUT2D eigenvalue weighted by molar-refractivity contribution is 0.0937. The summed E-state index contributed by atoms with van der Waals surface area (Å²) in [6, 6.07) is 15.7. The minimum Gasteiger partial charge on any atom is -0.448 e. The topological polar surface area (TPSA) is 83.3 Å². The highest BCUT2D eigenvalue weighted by molar-refractivity contribution is 7.98. The Morgan fingerprint density at radius 2 is 1.97 bits per heavy atom. The third kappa shape index (κ3) is 4.17. The van der Waals surface area contributed by atoms with Crippen LogP contribution in [0.3, 0.4) is 0 Å². The zero-order valence-corrected chi connectivity index (χ0v) is 20.4. The first-order valence-corrected chi connectivity index (χ1v) is 12.8. The Kier molecular flexibility index (Phi) is 5.70. The predicted molar refractivity (Wildman–Crippen MR) is 136 cm³/mol. The van der Waals surface area contributed by atoms with Crippen molar-refractivity contribution in [2.45, 2.75) is 50.2 Å². The Bertz CT molecular complexity index is 1590. The molecule has 8 heteroatoms. The van der Waals surface area contributed by atoms with E-state index in [-0.39, 0.29) is 17.2 Å². The van der Waals surface area contributed by atoms with Crippen LogP contribution in [0.2, 0.25) is 0 Å². The van der Waals surface area contributed by atoms with E-state index < -0.39 is 0 Å². The monoisotopic (exact) mass is 487 g/mol. The average molecular weight is 488 g/mol. The normalized spacial score (nSPS) is 16.0. The molecule has 0 spiro atoms. The summed E-state index contributed by atoms with van der Waals surface area (Å²) in [6.07, 6.45) is 1.93. The van der Waals surface area contributed by atoms with Crippen molar-refractivity contribution in [3.63, 3.8) is 0 Å². The van der Waals surface area contributed by atoms with E-state index in [1.165, 1.54) is 11.8 Å². The van der Waals surface area contributed by atoms with Crippen molar-refractivity contribution in [3.8, 4) is 11.5 Å². The molecule has 1 saturated heterocycles. The van der Waals surface area contributed by atoms with Gasteiger partial charge in [-0.1, -0.05) is 41.6 Å². The van der Waals surface area contributed by atoms with E-state index in [0.717, 1.165) is 47.4 Å². The summed E-state index contributed by atoms with van der Waals surface area (Å²) in [7, 11) is 0. The first-order valence-electron chi connectivity index (χ1n) is 11.8. The van der Waals surface area contributed by atoms with Gasteiger partial charge in [-0.05, 0) is 51.0 Å². The number of hydrogen-bond acceptors (Lipinski definition) is 7. The summed E-state index contributed by atoms with van der Waals surface area (Å²) < 4.78 is 19.4. The Hall–Kier alpha value is -3.36. The van der Waals surface area contributed by atoms with Crippen LogP contribution in [0.1, 0.15) is 29.9 Å². The number of hydrogen-bond donors (Lipinski definition) is 0. The summed E-state index contributed by atoms with van der Waals surface area (Å²) in [5, 5.41) is 1.47. The van der Waals surface area contributed by atoms with Gasteiger partial charge in [0.05, 0.1) is 18.3 Å². The molecule has 0 unspecified atom stereocenters. The van der Waals surface area contributed by atoms with Crippen LogP contribution in [0.5, 0.6) is 0 Å². The molecule has 0 N–H and O–H groups in total. The number of oxazole rings is 1. The van der Waals surface area contributed by atoms with Crippen molar-refractivity contribution < 1.29 is 13.6 Å². The molecule has 7 nitrogen and oxygen atoms in total. The second kappa shape index (κ2) is 9.02. The third-order valence-electron chi connectivity index (χ3n) is 6.35. The SMILES string of the molecule is Cc1cccc(-c2nc(CSc3nc4c(oc5ccccc54)c(=O)n3C[C@@H]3CCCO3)c(C)o2)c1. The lowest BCUT2D eigenvalue weighted by Crippen LogP contribution is -2.28. The Morgan fingerprint density at radius 3 is 2.80 bits per heavy atom. The highest BCUT2D eigenvalue weighted by Gasteiger charge is 2.23. The van der Waals surface area contributed by atoms with Crippen molar-refractivity contribution in [2.24, 2.45) is 0 Å². The standard InChI is InChI=1S/C27H25N3O4S/c1-16-7-5-8-18(13-16)25-28-21(17(2)33-25)15-35-27-29-23-20-10-3-4-11-22(20)34-24(23)26(31)30(27)14-19-9-6-12-32-19/h3-5,7-8,10-11,13,19H,6,9,12,14-15H2,1-2H3/t19-/m0/s1. The van der Waals surface area contributed by atoms with E-state index in [1.807, 2.05) is 56.3 Å². The van der Waals surface area contributed by atoms with Gasteiger partial charge < -0.3 is 13.6 Å². The van der Waals surface area contributed by atoms with Crippen molar-refractivity contribution in [1.29, 1.82) is 0 Å². The molecule has 35 heavy (non-hydrogen) atoms. The molecule has 1 aliphatic rings. The second-order valence-corrected chi connectivity index (χ2v) is 9.84. The number of furan rings is 1. The Morgan fingerprint density at radius 1 is 1.09 bits per heavy atom. The van der Waals surface area contributed by atoms with Crippen LogP contribution in [0, 0.1) is 13.8 Å². The maximum atomic E-state index is 13.5. The summed E-state index contributed by atoms with van der Waals surface area (Å²) in [6.45, 7) is 5.14. The van der Waals surface area contributed by atoms with Crippen LogP contribution < -0.4 is 5.56 Å². The maximum Gasteiger partial charge on any atom is 0.297 e. The van der Waals surface area contributed by atoms with Crippen LogP contribution in [0.15, 0.2) is 67.3 Å². The molecule has 178 valence electrons. The van der Waals surface area contributed by atoms with Crippen LogP contribution >= 0.6 is 11.8 Å². The predicted octanol–water partition coefficient (Wildman–Crippen LogP) is 5.89. The number of fused-ring (bicyclic) bond motifs is 3. The van der Waals surface area contributed by atoms with Gasteiger partial charge in [-0.25, -0.2) is 9.97 Å². The van der Waals surface area contributed by atoms with Gasteiger partial charge in [0.25, 0.3) is 5.56 Å². The average Bonchev–Trinajstić information content (AvgIpc) is 3.59. The lowest BCUT2D eigenvalue weighted by Gasteiger charge is -2.15. The quantitative estimate of drug-likeness (QED) is 0.218. The number of aromatic nitrogens is 3. The molecule has 1 atom stereocenters. The van der Waals surface area contributed by atoms with Crippen molar-refractivity contribution >= 4 is 33.8 Å². The first-order chi connectivity index (χ1) is 17.1. The fourth-order valence-electron chi connectivity index (χ4n) is 4.51.